The van der Waals surface area contributed by atoms with Gasteiger partial charge in [0, 0.05) is 5.71 Å². The summed E-state index contributed by atoms with van der Waals surface area (Å²) in [5.74, 6) is 0.243. The van der Waals surface area contributed by atoms with Gasteiger partial charge in [-0.15, -0.1) is 0 Å². The molecular formula is C25H33N3O3S. The highest BCUT2D eigenvalue weighted by atomic mass is 32.2. The predicted octanol–water partition coefficient (Wildman–Crippen LogP) is 4.97. The van der Waals surface area contributed by atoms with Gasteiger partial charge in [0.1, 0.15) is 0 Å². The third-order valence-corrected chi connectivity index (χ3v) is 7.22. The van der Waals surface area contributed by atoms with E-state index in [1.165, 1.54) is 4.31 Å². The lowest BCUT2D eigenvalue weighted by atomic mass is 9.72. The zero-order chi connectivity index (χ0) is 23.4. The Kier molecular flexibility index (Phi) is 7.39. The highest BCUT2D eigenvalue weighted by Gasteiger charge is 2.28. The second-order valence-electron chi connectivity index (χ2n) is 9.53. The van der Waals surface area contributed by atoms with E-state index in [-0.39, 0.29) is 17.5 Å². The Bertz CT molecular complexity index is 1060. The van der Waals surface area contributed by atoms with Crippen LogP contribution in [-0.4, -0.2) is 26.3 Å². The normalized spacial score (nSPS) is 17.0. The number of hydrazone groups is 1. The molecule has 0 atom stereocenters. The van der Waals surface area contributed by atoms with Crippen LogP contribution in [0.3, 0.4) is 0 Å². The van der Waals surface area contributed by atoms with E-state index in [2.05, 4.69) is 31.3 Å². The first-order valence-electron chi connectivity index (χ1n) is 11.0. The predicted molar refractivity (Wildman–Crippen MR) is 130 cm³/mol. The molecule has 0 spiro atoms. The van der Waals surface area contributed by atoms with Crippen LogP contribution in [0, 0.1) is 11.3 Å². The first kappa shape index (κ1) is 24.0. The summed E-state index contributed by atoms with van der Waals surface area (Å²) in [6.07, 6.45) is 5.01. The van der Waals surface area contributed by atoms with Crippen LogP contribution in [0.4, 0.5) is 5.69 Å². The van der Waals surface area contributed by atoms with Crippen molar-refractivity contribution in [3.8, 4) is 0 Å². The Balaban J connectivity index is 1.78. The maximum absolute atomic E-state index is 13.0. The van der Waals surface area contributed by atoms with Crippen LogP contribution in [0.1, 0.15) is 62.4 Å². The molecule has 0 aliphatic heterocycles. The number of amides is 1. The van der Waals surface area contributed by atoms with Gasteiger partial charge < -0.3 is 0 Å². The Morgan fingerprint density at radius 3 is 2.22 bits per heavy atom. The molecule has 6 nitrogen and oxygen atoms in total. The molecule has 32 heavy (non-hydrogen) atoms. The lowest BCUT2D eigenvalue weighted by molar-refractivity contribution is 0.0955. The molecule has 7 heteroatoms. The third kappa shape index (κ3) is 6.19. The third-order valence-electron chi connectivity index (χ3n) is 6.09. The Labute approximate surface area is 191 Å². The van der Waals surface area contributed by atoms with Gasteiger partial charge in [0.2, 0.25) is 10.0 Å². The van der Waals surface area contributed by atoms with Crippen LogP contribution in [0.2, 0.25) is 0 Å². The summed E-state index contributed by atoms with van der Waals surface area (Å²) in [5.41, 5.74) is 5.38. The molecule has 1 aliphatic carbocycles. The number of para-hydroxylation sites is 1. The number of benzene rings is 2. The highest BCUT2D eigenvalue weighted by Crippen LogP contribution is 2.36. The molecule has 0 heterocycles. The molecule has 0 aromatic heterocycles. The molecule has 0 unspecified atom stereocenters. The van der Waals surface area contributed by atoms with Gasteiger partial charge in [-0.2, -0.15) is 5.10 Å². The van der Waals surface area contributed by atoms with Crippen LogP contribution >= 0.6 is 0 Å². The Morgan fingerprint density at radius 1 is 1.03 bits per heavy atom. The number of carbonyl (C=O) groups is 1. The standard InChI is InChI=1S/C25H33N3O3S/c1-25(2,3)20-14-16-21(17-15-20)26-27-24(29)22-12-8-9-13-23(22)28(32(4,30)31)18-19-10-6-5-7-11-19/h5-13,20H,14-18H2,1-4H3,(H,27,29). The van der Waals surface area contributed by atoms with Gasteiger partial charge in [-0.3, -0.25) is 9.10 Å². The van der Waals surface area contributed by atoms with Crippen LogP contribution in [0.5, 0.6) is 0 Å². The van der Waals surface area contributed by atoms with Crippen LogP contribution in [0.25, 0.3) is 0 Å². The van der Waals surface area contributed by atoms with Crippen molar-refractivity contribution in [1.29, 1.82) is 0 Å². The van der Waals surface area contributed by atoms with E-state index in [0.29, 0.717) is 11.6 Å². The smallest absolute Gasteiger partial charge is 0.267 e. The van der Waals surface area contributed by atoms with Crippen molar-refractivity contribution in [3.05, 3.63) is 65.7 Å². The van der Waals surface area contributed by atoms with Gasteiger partial charge in [0.25, 0.3) is 5.91 Å². The molecule has 1 saturated carbocycles. The second kappa shape index (κ2) is 9.86. The summed E-state index contributed by atoms with van der Waals surface area (Å²) < 4.78 is 26.5. The maximum atomic E-state index is 13.0. The van der Waals surface area contributed by atoms with Gasteiger partial charge >= 0.3 is 0 Å². The fraction of sp³-hybridized carbons (Fsp3) is 0.440. The van der Waals surface area contributed by atoms with Gasteiger partial charge in [-0.25, -0.2) is 13.8 Å². The number of nitrogens with one attached hydrogen (secondary N) is 1. The van der Waals surface area contributed by atoms with Crippen molar-refractivity contribution in [1.82, 2.24) is 5.43 Å². The number of carbonyl (C=O) groups excluding carboxylic acids is 1. The largest absolute Gasteiger partial charge is 0.273 e. The summed E-state index contributed by atoms with van der Waals surface area (Å²) in [7, 11) is -3.61. The molecular weight excluding hydrogens is 422 g/mol. The van der Waals surface area contributed by atoms with E-state index < -0.39 is 15.9 Å². The Morgan fingerprint density at radius 2 is 1.62 bits per heavy atom. The summed E-state index contributed by atoms with van der Waals surface area (Å²) in [5, 5.41) is 4.37. The maximum Gasteiger partial charge on any atom is 0.273 e. The number of hydrogen-bond acceptors (Lipinski definition) is 4. The minimum atomic E-state index is -3.61. The number of nitrogens with zero attached hydrogens (tertiary/aromatic N) is 2. The van der Waals surface area contributed by atoms with E-state index in [4.69, 9.17) is 0 Å². The molecule has 172 valence electrons. The summed E-state index contributed by atoms with van der Waals surface area (Å²) in [6, 6.07) is 16.1. The minimum absolute atomic E-state index is 0.146. The minimum Gasteiger partial charge on any atom is -0.267 e. The van der Waals surface area contributed by atoms with E-state index in [1.54, 1.807) is 24.3 Å². The molecule has 1 amide bonds. The van der Waals surface area contributed by atoms with Crippen molar-refractivity contribution in [2.24, 2.45) is 16.4 Å². The van der Waals surface area contributed by atoms with Crippen LogP contribution in [0.15, 0.2) is 59.7 Å². The molecule has 1 N–H and O–H groups in total. The molecule has 0 saturated heterocycles. The second-order valence-corrected chi connectivity index (χ2v) is 11.4. The lowest BCUT2D eigenvalue weighted by Crippen LogP contribution is -2.32. The molecule has 2 aromatic rings. The number of rotatable bonds is 6. The average Bonchev–Trinajstić information content (AvgIpc) is 2.75. The molecule has 0 radical (unpaired) electrons. The average molecular weight is 456 g/mol. The molecule has 1 fully saturated rings. The lowest BCUT2D eigenvalue weighted by Gasteiger charge is -2.34. The summed E-state index contributed by atoms with van der Waals surface area (Å²) in [6.45, 7) is 6.94. The Hall–Kier alpha value is -2.67. The van der Waals surface area contributed by atoms with Gasteiger partial charge in [-0.1, -0.05) is 63.2 Å². The fourth-order valence-electron chi connectivity index (χ4n) is 4.13. The quantitative estimate of drug-likeness (QED) is 0.624. The summed E-state index contributed by atoms with van der Waals surface area (Å²) >= 11 is 0. The van der Waals surface area contributed by atoms with Crippen molar-refractivity contribution < 1.29 is 13.2 Å². The van der Waals surface area contributed by atoms with Gasteiger partial charge in [0.05, 0.1) is 24.1 Å². The number of anilines is 1. The molecule has 1 aliphatic rings. The molecule has 0 bridgehead atoms. The highest BCUT2D eigenvalue weighted by molar-refractivity contribution is 7.92. The molecule has 3 rings (SSSR count). The van der Waals surface area contributed by atoms with Crippen molar-refractivity contribution in [2.75, 3.05) is 10.6 Å². The van der Waals surface area contributed by atoms with Crippen LogP contribution in [-0.2, 0) is 16.6 Å². The first-order valence-corrected chi connectivity index (χ1v) is 12.9. The fourth-order valence-corrected chi connectivity index (χ4v) is 5.03. The van der Waals surface area contributed by atoms with Gasteiger partial charge in [0.15, 0.2) is 0 Å². The van der Waals surface area contributed by atoms with Crippen LogP contribution < -0.4 is 9.73 Å². The zero-order valence-electron chi connectivity index (χ0n) is 19.3. The monoisotopic (exact) mass is 455 g/mol. The number of sulfonamides is 1. The topological polar surface area (TPSA) is 78.8 Å². The van der Waals surface area contributed by atoms with Gasteiger partial charge in [-0.05, 0) is 54.7 Å². The first-order chi connectivity index (χ1) is 15.1. The SMILES string of the molecule is CC(C)(C)C1CCC(=NNC(=O)c2ccccc2N(Cc2ccccc2)S(C)(=O)=O)CC1. The summed E-state index contributed by atoms with van der Waals surface area (Å²) in [4.78, 5) is 13.0. The van der Waals surface area contributed by atoms with E-state index in [0.717, 1.165) is 43.2 Å². The van der Waals surface area contributed by atoms with E-state index in [9.17, 15) is 13.2 Å². The van der Waals surface area contributed by atoms with Crippen molar-refractivity contribution >= 4 is 27.3 Å². The van der Waals surface area contributed by atoms with Crippen molar-refractivity contribution in [2.45, 2.75) is 53.0 Å². The number of hydrogen-bond donors (Lipinski definition) is 1. The van der Waals surface area contributed by atoms with Crippen molar-refractivity contribution in [3.63, 3.8) is 0 Å². The molecule has 2 aromatic carbocycles. The zero-order valence-corrected chi connectivity index (χ0v) is 20.2. The van der Waals surface area contributed by atoms with E-state index in [1.807, 2.05) is 30.3 Å². The van der Waals surface area contributed by atoms with E-state index >= 15 is 0 Å².